The van der Waals surface area contributed by atoms with Crippen molar-refractivity contribution in [3.05, 3.63) is 35.8 Å². The van der Waals surface area contributed by atoms with Gasteiger partial charge in [0, 0.05) is 55.3 Å². The number of fused-ring (bicyclic) bond motifs is 2. The zero-order valence-corrected chi connectivity index (χ0v) is 21.4. The molecule has 0 bridgehead atoms. The van der Waals surface area contributed by atoms with Crippen LogP contribution in [0.2, 0.25) is 0 Å². The molecule has 9 heteroatoms. The van der Waals surface area contributed by atoms with Crippen molar-refractivity contribution in [2.45, 2.75) is 70.9 Å². The highest BCUT2D eigenvalue weighted by Crippen LogP contribution is 2.56. The highest BCUT2D eigenvalue weighted by Gasteiger charge is 2.52. The Labute approximate surface area is 212 Å². The quantitative estimate of drug-likeness (QED) is 0.646. The Bertz CT molecular complexity index is 1270. The molecule has 2 atom stereocenters. The van der Waals surface area contributed by atoms with Crippen LogP contribution in [0, 0.1) is 28.1 Å². The molecular formula is C27H32N8O. The first-order valence-electron chi connectivity index (χ1n) is 12.6. The van der Waals surface area contributed by atoms with Crippen LogP contribution in [0.4, 0.5) is 17.5 Å². The van der Waals surface area contributed by atoms with Crippen LogP contribution in [0.1, 0.15) is 64.5 Å². The number of carbonyl (C=O) groups excluding carboxylic acids is 1. The number of pyridine rings is 1. The number of hydrogen-bond acceptors (Lipinski definition) is 8. The topological polar surface area (TPSA) is 113 Å². The fourth-order valence-electron chi connectivity index (χ4n) is 5.92. The van der Waals surface area contributed by atoms with Crippen molar-refractivity contribution in [1.29, 1.82) is 10.5 Å². The maximum atomic E-state index is 13.3. The summed E-state index contributed by atoms with van der Waals surface area (Å²) in [6, 6.07) is 7.96. The fraction of sp³-hybridized carbons (Fsp3) is 0.556. The Morgan fingerprint density at radius 1 is 1.14 bits per heavy atom. The molecule has 2 fully saturated rings. The van der Waals surface area contributed by atoms with Crippen LogP contribution >= 0.6 is 0 Å². The van der Waals surface area contributed by atoms with Crippen molar-refractivity contribution in [2.75, 3.05) is 29.4 Å². The van der Waals surface area contributed by atoms with E-state index in [1.54, 1.807) is 18.6 Å². The summed E-state index contributed by atoms with van der Waals surface area (Å²) in [5.74, 6) is 2.58. The van der Waals surface area contributed by atoms with E-state index >= 15 is 0 Å². The predicted octanol–water partition coefficient (Wildman–Crippen LogP) is 3.68. The van der Waals surface area contributed by atoms with Gasteiger partial charge in [0.25, 0.3) is 0 Å². The molecule has 1 saturated carbocycles. The fourth-order valence-corrected chi connectivity index (χ4v) is 5.92. The Morgan fingerprint density at radius 2 is 1.89 bits per heavy atom. The second-order valence-corrected chi connectivity index (χ2v) is 11.2. The van der Waals surface area contributed by atoms with Gasteiger partial charge in [0.1, 0.15) is 23.8 Å². The van der Waals surface area contributed by atoms with Gasteiger partial charge < -0.3 is 14.7 Å². The summed E-state index contributed by atoms with van der Waals surface area (Å²) in [4.78, 5) is 33.8. The van der Waals surface area contributed by atoms with Gasteiger partial charge in [-0.1, -0.05) is 20.3 Å². The van der Waals surface area contributed by atoms with Crippen LogP contribution in [0.15, 0.2) is 24.7 Å². The summed E-state index contributed by atoms with van der Waals surface area (Å²) in [6.07, 6.45) is 6.80. The molecular weight excluding hydrogens is 452 g/mol. The zero-order chi connectivity index (χ0) is 25.7. The average molecular weight is 485 g/mol. The molecule has 4 heterocycles. The minimum absolute atomic E-state index is 0.0129. The zero-order valence-electron chi connectivity index (χ0n) is 21.4. The predicted molar refractivity (Wildman–Crippen MR) is 136 cm³/mol. The largest absolute Gasteiger partial charge is 0.350 e. The number of rotatable bonds is 4. The van der Waals surface area contributed by atoms with E-state index in [1.807, 2.05) is 24.8 Å². The summed E-state index contributed by atoms with van der Waals surface area (Å²) in [5.41, 5.74) is 1.01. The second-order valence-electron chi connectivity index (χ2n) is 11.2. The number of amides is 1. The molecule has 3 aliphatic rings. The van der Waals surface area contributed by atoms with Gasteiger partial charge in [-0.05, 0) is 38.8 Å². The molecule has 36 heavy (non-hydrogen) atoms. The SMILES string of the molecule is C[C@@H]1CN(c2ncnc3c2C2(CCC2)CN3c2cc(C#N)ccn2)[C@@H](C)CN1C(=O)C(C)(C)CC#N. The van der Waals surface area contributed by atoms with Crippen LogP contribution in [-0.2, 0) is 10.2 Å². The Hall–Kier alpha value is -3.72. The Morgan fingerprint density at radius 3 is 2.56 bits per heavy atom. The van der Waals surface area contributed by atoms with Crippen molar-refractivity contribution in [2.24, 2.45) is 5.41 Å². The van der Waals surface area contributed by atoms with E-state index < -0.39 is 5.41 Å². The van der Waals surface area contributed by atoms with Crippen LogP contribution in [-0.4, -0.2) is 57.5 Å². The van der Waals surface area contributed by atoms with Crippen LogP contribution in [0.25, 0.3) is 0 Å². The average Bonchev–Trinajstić information content (AvgIpc) is 3.21. The molecule has 1 aliphatic carbocycles. The number of carbonyl (C=O) groups is 1. The molecule has 1 spiro atoms. The lowest BCUT2D eigenvalue weighted by atomic mass is 9.66. The van der Waals surface area contributed by atoms with Gasteiger partial charge in [-0.15, -0.1) is 0 Å². The molecule has 2 aromatic rings. The maximum Gasteiger partial charge on any atom is 0.229 e. The Kier molecular flexibility index (Phi) is 5.83. The lowest BCUT2D eigenvalue weighted by Gasteiger charge is -2.48. The molecule has 0 aromatic carbocycles. The van der Waals surface area contributed by atoms with Crippen molar-refractivity contribution < 1.29 is 4.79 Å². The normalized spacial score (nSPS) is 22.6. The minimum Gasteiger partial charge on any atom is -0.350 e. The van der Waals surface area contributed by atoms with Gasteiger partial charge >= 0.3 is 0 Å². The highest BCUT2D eigenvalue weighted by molar-refractivity contribution is 5.83. The van der Waals surface area contributed by atoms with Crippen molar-refractivity contribution >= 4 is 23.4 Å². The number of piperazine rings is 1. The van der Waals surface area contributed by atoms with E-state index in [0.717, 1.165) is 43.3 Å². The number of anilines is 3. The maximum absolute atomic E-state index is 13.3. The molecule has 0 unspecified atom stereocenters. The molecule has 0 N–H and O–H groups in total. The molecule has 1 amide bonds. The summed E-state index contributed by atoms with van der Waals surface area (Å²) in [5, 5.41) is 18.6. The standard InChI is InChI=1S/C27H32N8O/c1-18-15-34(25(36)26(3,4)9-10-28)19(2)14-33(18)23-22-24(32-17-31-23)35(16-27(22)7-5-8-27)21-12-20(13-29)6-11-30-21/h6,11-12,17-19H,5,7-9,14-16H2,1-4H3/t18-,19+/m0/s1. The van der Waals surface area contributed by atoms with Crippen molar-refractivity contribution in [3.63, 3.8) is 0 Å². The first kappa shape index (κ1) is 24.0. The third-order valence-electron chi connectivity index (χ3n) is 8.13. The third-order valence-corrected chi connectivity index (χ3v) is 8.13. The van der Waals surface area contributed by atoms with Crippen LogP contribution in [0.3, 0.4) is 0 Å². The summed E-state index contributed by atoms with van der Waals surface area (Å²) in [7, 11) is 0. The molecule has 0 radical (unpaired) electrons. The second kappa shape index (κ2) is 8.74. The van der Waals surface area contributed by atoms with E-state index in [9.17, 15) is 15.3 Å². The van der Waals surface area contributed by atoms with E-state index in [4.69, 9.17) is 9.97 Å². The smallest absolute Gasteiger partial charge is 0.229 e. The van der Waals surface area contributed by atoms with Crippen LogP contribution in [0.5, 0.6) is 0 Å². The highest BCUT2D eigenvalue weighted by atomic mass is 16.2. The number of nitriles is 2. The monoisotopic (exact) mass is 484 g/mol. The summed E-state index contributed by atoms with van der Waals surface area (Å²) in [6.45, 7) is 9.93. The molecule has 2 aromatic heterocycles. The number of aromatic nitrogens is 3. The first-order valence-corrected chi connectivity index (χ1v) is 12.6. The van der Waals surface area contributed by atoms with Gasteiger partial charge in [-0.25, -0.2) is 15.0 Å². The van der Waals surface area contributed by atoms with E-state index in [0.29, 0.717) is 18.7 Å². The van der Waals surface area contributed by atoms with E-state index in [1.165, 1.54) is 5.56 Å². The number of nitrogens with zero attached hydrogens (tertiary/aromatic N) is 8. The van der Waals surface area contributed by atoms with Crippen molar-refractivity contribution in [1.82, 2.24) is 19.9 Å². The van der Waals surface area contributed by atoms with E-state index in [-0.39, 0.29) is 29.8 Å². The van der Waals surface area contributed by atoms with Crippen LogP contribution < -0.4 is 9.80 Å². The molecule has 9 nitrogen and oxygen atoms in total. The van der Waals surface area contributed by atoms with Gasteiger partial charge in [0.15, 0.2) is 0 Å². The van der Waals surface area contributed by atoms with Gasteiger partial charge in [0.2, 0.25) is 5.91 Å². The van der Waals surface area contributed by atoms with Gasteiger partial charge in [0.05, 0.1) is 23.1 Å². The number of hydrogen-bond donors (Lipinski definition) is 0. The first-order chi connectivity index (χ1) is 17.2. The molecule has 186 valence electrons. The van der Waals surface area contributed by atoms with Gasteiger partial charge in [-0.2, -0.15) is 10.5 Å². The van der Waals surface area contributed by atoms with Gasteiger partial charge in [-0.3, -0.25) is 4.79 Å². The Balaban J connectivity index is 1.49. The third kappa shape index (κ3) is 3.74. The van der Waals surface area contributed by atoms with E-state index in [2.05, 4.69) is 40.8 Å². The molecule has 1 saturated heterocycles. The minimum atomic E-state index is -0.706. The lowest BCUT2D eigenvalue weighted by molar-refractivity contribution is -0.143. The van der Waals surface area contributed by atoms with Crippen molar-refractivity contribution in [3.8, 4) is 12.1 Å². The summed E-state index contributed by atoms with van der Waals surface area (Å²) < 4.78 is 0. The molecule has 2 aliphatic heterocycles. The lowest BCUT2D eigenvalue weighted by Crippen LogP contribution is -2.60. The summed E-state index contributed by atoms with van der Waals surface area (Å²) >= 11 is 0. The molecule has 5 rings (SSSR count).